The van der Waals surface area contributed by atoms with Crippen LogP contribution in [0.1, 0.15) is 113 Å². The molecule has 2 unspecified atom stereocenters. The van der Waals surface area contributed by atoms with E-state index in [0.717, 1.165) is 44.9 Å². The number of nitrogens with two attached hydrogens (primary N) is 1. The van der Waals surface area contributed by atoms with Crippen LogP contribution in [-0.2, 0) is 19.1 Å². The van der Waals surface area contributed by atoms with Gasteiger partial charge in [-0.2, -0.15) is 0 Å². The van der Waals surface area contributed by atoms with E-state index < -0.39 is 35.0 Å². The van der Waals surface area contributed by atoms with Crippen molar-refractivity contribution in [2.75, 3.05) is 6.54 Å². The Hall–Kier alpha value is -2.25. The maximum atomic E-state index is 14.3. The normalized spacial score (nSPS) is 28.9. The molecule has 0 aromatic heterocycles. The van der Waals surface area contributed by atoms with E-state index in [1.54, 1.807) is 4.90 Å². The quantitative estimate of drug-likeness (QED) is 0.376. The molecule has 8 nitrogen and oxygen atoms in total. The van der Waals surface area contributed by atoms with Gasteiger partial charge in [0.15, 0.2) is 5.88 Å². The first-order valence-corrected chi connectivity index (χ1v) is 15.4. The highest BCUT2D eigenvalue weighted by Crippen LogP contribution is 2.88. The van der Waals surface area contributed by atoms with Crippen LogP contribution in [0.2, 0.25) is 0 Å². The van der Waals surface area contributed by atoms with Crippen LogP contribution in [0.25, 0.3) is 0 Å². The van der Waals surface area contributed by atoms with Gasteiger partial charge in [0, 0.05) is 12.0 Å². The van der Waals surface area contributed by atoms with Crippen LogP contribution < -0.4 is 16.4 Å². The van der Waals surface area contributed by atoms with Gasteiger partial charge in [0.2, 0.25) is 17.7 Å². The first-order valence-electron chi connectivity index (χ1n) is 15.4. The van der Waals surface area contributed by atoms with Crippen molar-refractivity contribution in [1.29, 1.82) is 0 Å². The molecule has 2 spiro atoms. The number of carbonyl (C=O) groups excluding carboxylic acids is 3. The Morgan fingerprint density at radius 2 is 1.55 bits per heavy atom. The third kappa shape index (κ3) is 5.13. The van der Waals surface area contributed by atoms with Gasteiger partial charge in [-0.1, -0.05) is 60.3 Å². The summed E-state index contributed by atoms with van der Waals surface area (Å²) < 4.78 is 5.92. The summed E-state index contributed by atoms with van der Waals surface area (Å²) in [5, 5.41) is 6.40. The van der Waals surface area contributed by atoms with E-state index in [4.69, 9.17) is 10.5 Å². The molecule has 1 saturated heterocycles. The third-order valence-corrected chi connectivity index (χ3v) is 11.0. The molecule has 0 radical (unpaired) electrons. The van der Waals surface area contributed by atoms with Crippen LogP contribution in [0.3, 0.4) is 0 Å². The van der Waals surface area contributed by atoms with Gasteiger partial charge in [0.1, 0.15) is 23.7 Å². The standard InChI is InChI=1S/C32H54N4O4/c1-20(40-29(5,6)7)34-23(21-14-11-10-12-15-21)26(38)35-24(28(2,3)4)27(39)36-19-32(18-22(36)25(33)37)30(8,9)31(32)16-13-17-31/h21-24,34H,1,10-19H2,2-9H3,(H2,33,37)(H,35,38)/t22?,23?,24-,32-/m1/s1. The molecule has 3 aliphatic carbocycles. The summed E-state index contributed by atoms with van der Waals surface area (Å²) in [4.78, 5) is 42.8. The Morgan fingerprint density at radius 3 is 2.00 bits per heavy atom. The highest BCUT2D eigenvalue weighted by atomic mass is 16.5. The Bertz CT molecular complexity index is 1030. The molecule has 0 aromatic carbocycles. The minimum atomic E-state index is -0.805. The topological polar surface area (TPSA) is 114 Å². The summed E-state index contributed by atoms with van der Waals surface area (Å²) in [6, 6.07) is -2.02. The predicted octanol–water partition coefficient (Wildman–Crippen LogP) is 4.62. The average Bonchev–Trinajstić information content (AvgIpc) is 3.04. The molecule has 3 amide bonds. The number of rotatable bonds is 8. The van der Waals surface area contributed by atoms with Crippen LogP contribution >= 0.6 is 0 Å². The molecular formula is C32H54N4O4. The fourth-order valence-corrected chi connectivity index (χ4v) is 8.57. The summed E-state index contributed by atoms with van der Waals surface area (Å²) in [5.41, 5.74) is 5.05. The Labute approximate surface area is 241 Å². The zero-order chi connectivity index (χ0) is 29.9. The van der Waals surface area contributed by atoms with Gasteiger partial charge in [-0.3, -0.25) is 14.4 Å². The minimum Gasteiger partial charge on any atom is -0.474 e. The fourth-order valence-electron chi connectivity index (χ4n) is 8.57. The largest absolute Gasteiger partial charge is 0.474 e. The van der Waals surface area contributed by atoms with Gasteiger partial charge >= 0.3 is 0 Å². The van der Waals surface area contributed by atoms with Gasteiger partial charge in [0.05, 0.1) is 0 Å². The molecule has 4 atom stereocenters. The number of hydrogen-bond acceptors (Lipinski definition) is 5. The Kier molecular flexibility index (Phi) is 7.85. The summed E-state index contributed by atoms with van der Waals surface area (Å²) in [6.07, 6.45) is 9.25. The summed E-state index contributed by atoms with van der Waals surface area (Å²) in [6.45, 7) is 20.8. The molecule has 8 heteroatoms. The van der Waals surface area contributed by atoms with Crippen LogP contribution in [0, 0.1) is 27.6 Å². The van der Waals surface area contributed by atoms with Crippen molar-refractivity contribution in [3.05, 3.63) is 12.5 Å². The van der Waals surface area contributed by atoms with Gasteiger partial charge in [-0.25, -0.2) is 0 Å². The molecular weight excluding hydrogens is 504 g/mol. The molecule has 4 fully saturated rings. The molecule has 0 bridgehead atoms. The van der Waals surface area contributed by atoms with Crippen LogP contribution in [-0.4, -0.2) is 52.9 Å². The second-order valence-corrected chi connectivity index (χ2v) is 15.7. The smallest absolute Gasteiger partial charge is 0.246 e. The molecule has 0 aromatic rings. The summed E-state index contributed by atoms with van der Waals surface area (Å²) in [7, 11) is 0. The van der Waals surface area contributed by atoms with Crippen molar-refractivity contribution >= 4 is 17.7 Å². The number of nitrogens with one attached hydrogen (secondary N) is 2. The van der Waals surface area contributed by atoms with Crippen LogP contribution in [0.4, 0.5) is 0 Å². The number of primary amides is 1. The summed E-state index contributed by atoms with van der Waals surface area (Å²) >= 11 is 0. The number of fused-ring (bicyclic) bond motifs is 1. The second-order valence-electron chi connectivity index (χ2n) is 15.7. The molecule has 3 saturated carbocycles. The SMILES string of the molecule is C=C(NC(C(=O)N[C@H](C(=O)N1C[C@]2(CC1C(N)=O)C(C)(C)C21CCC1)C(C)(C)C)C1CCCCC1)OC(C)(C)C. The first-order chi connectivity index (χ1) is 18.4. The highest BCUT2D eigenvalue weighted by Gasteiger charge is 2.85. The van der Waals surface area contributed by atoms with Crippen molar-refractivity contribution in [1.82, 2.24) is 15.5 Å². The zero-order valence-corrected chi connectivity index (χ0v) is 26.2. The monoisotopic (exact) mass is 558 g/mol. The lowest BCUT2D eigenvalue weighted by atomic mass is 9.73. The number of amides is 3. The first kappa shape index (κ1) is 30.7. The van der Waals surface area contributed by atoms with Crippen LogP contribution in [0.15, 0.2) is 12.5 Å². The molecule has 4 aliphatic rings. The van der Waals surface area contributed by atoms with E-state index in [-0.39, 0.29) is 34.0 Å². The van der Waals surface area contributed by atoms with E-state index in [9.17, 15) is 14.4 Å². The van der Waals surface area contributed by atoms with Crippen molar-refractivity contribution in [3.63, 3.8) is 0 Å². The lowest BCUT2D eigenvalue weighted by Crippen LogP contribution is -2.60. The zero-order valence-electron chi connectivity index (χ0n) is 26.2. The van der Waals surface area contributed by atoms with Gasteiger partial charge < -0.3 is 26.0 Å². The number of ether oxygens (including phenoxy) is 1. The molecule has 226 valence electrons. The maximum absolute atomic E-state index is 14.3. The van der Waals surface area contributed by atoms with E-state index in [2.05, 4.69) is 31.1 Å². The molecule has 4 N–H and O–H groups in total. The average molecular weight is 559 g/mol. The lowest BCUT2D eigenvalue weighted by Gasteiger charge is -2.38. The fraction of sp³-hybridized carbons (Fsp3) is 0.844. The van der Waals surface area contributed by atoms with Crippen molar-refractivity contribution in [2.24, 2.45) is 33.3 Å². The van der Waals surface area contributed by atoms with E-state index in [1.165, 1.54) is 6.42 Å². The highest BCUT2D eigenvalue weighted by molar-refractivity contribution is 5.94. The van der Waals surface area contributed by atoms with E-state index in [1.807, 2.05) is 41.5 Å². The third-order valence-electron chi connectivity index (χ3n) is 11.0. The molecule has 1 heterocycles. The van der Waals surface area contributed by atoms with Crippen molar-refractivity contribution < 1.29 is 19.1 Å². The molecule has 4 rings (SSSR count). The van der Waals surface area contributed by atoms with E-state index >= 15 is 0 Å². The molecule has 40 heavy (non-hydrogen) atoms. The Morgan fingerprint density at radius 1 is 0.950 bits per heavy atom. The van der Waals surface area contributed by atoms with Gasteiger partial charge in [-0.15, -0.1) is 0 Å². The van der Waals surface area contributed by atoms with E-state index in [0.29, 0.717) is 18.8 Å². The van der Waals surface area contributed by atoms with Gasteiger partial charge in [0.25, 0.3) is 0 Å². The number of nitrogens with zero attached hydrogens (tertiary/aromatic N) is 1. The van der Waals surface area contributed by atoms with Gasteiger partial charge in [-0.05, 0) is 81.6 Å². The number of hydrogen-bond donors (Lipinski definition) is 3. The minimum absolute atomic E-state index is 0.0604. The maximum Gasteiger partial charge on any atom is 0.246 e. The van der Waals surface area contributed by atoms with Crippen LogP contribution in [0.5, 0.6) is 0 Å². The Balaban J connectivity index is 1.57. The van der Waals surface area contributed by atoms with Crippen molar-refractivity contribution in [2.45, 2.75) is 137 Å². The van der Waals surface area contributed by atoms with Crippen molar-refractivity contribution in [3.8, 4) is 0 Å². The second kappa shape index (κ2) is 10.2. The lowest BCUT2D eigenvalue weighted by molar-refractivity contribution is -0.144. The number of likely N-dealkylation sites (tertiary alicyclic amines) is 1. The summed E-state index contributed by atoms with van der Waals surface area (Å²) in [5.74, 6) is -0.437. The molecule has 1 aliphatic heterocycles. The predicted molar refractivity (Wildman–Crippen MR) is 157 cm³/mol. The number of carbonyl (C=O) groups is 3.